The molecule has 3 rings (SSSR count). The van der Waals surface area contributed by atoms with Gasteiger partial charge in [-0.15, -0.1) is 0 Å². The molecule has 0 saturated carbocycles. The largest absolute Gasteiger partial charge is 0.459 e. The fourth-order valence-corrected chi connectivity index (χ4v) is 4.92. The van der Waals surface area contributed by atoms with Gasteiger partial charge in [0.25, 0.3) is 0 Å². The standard InChI is InChI=1S/C21H34O6/c1-11(15-7-6-8-17(22)25-15)18(23)13(3)19(24)14(4)20-12(2)16-9-10-21(5,26-16)27-20/h6,8,11-16,18-20,23-24H,7,9-10H2,1-5H3/t11-,12-,13-,14+,15+,16-,18-,19+,20+,21+/m0/s1. The number of esters is 1. The molecule has 154 valence electrons. The molecule has 6 nitrogen and oxygen atoms in total. The normalized spacial score (nSPS) is 41.5. The van der Waals surface area contributed by atoms with Crippen LogP contribution >= 0.6 is 0 Å². The molecule has 0 aliphatic carbocycles. The van der Waals surface area contributed by atoms with Crippen molar-refractivity contribution >= 4 is 5.97 Å². The lowest BCUT2D eigenvalue weighted by molar-refractivity contribution is -0.309. The van der Waals surface area contributed by atoms with Crippen molar-refractivity contribution in [3.63, 3.8) is 0 Å². The number of fused-ring (bicyclic) bond motifs is 2. The first-order valence-electron chi connectivity index (χ1n) is 10.2. The van der Waals surface area contributed by atoms with E-state index in [2.05, 4.69) is 6.92 Å². The predicted molar refractivity (Wildman–Crippen MR) is 99.7 cm³/mol. The molecule has 27 heavy (non-hydrogen) atoms. The van der Waals surface area contributed by atoms with E-state index in [1.54, 1.807) is 6.08 Å². The minimum Gasteiger partial charge on any atom is -0.459 e. The molecular weight excluding hydrogens is 348 g/mol. The van der Waals surface area contributed by atoms with Crippen molar-refractivity contribution in [2.75, 3.05) is 0 Å². The van der Waals surface area contributed by atoms with Gasteiger partial charge in [-0.2, -0.15) is 0 Å². The van der Waals surface area contributed by atoms with E-state index in [0.717, 1.165) is 12.8 Å². The second kappa shape index (κ2) is 7.82. The monoisotopic (exact) mass is 382 g/mol. The highest BCUT2D eigenvalue weighted by Crippen LogP contribution is 2.45. The van der Waals surface area contributed by atoms with Gasteiger partial charge in [-0.1, -0.05) is 33.8 Å². The summed E-state index contributed by atoms with van der Waals surface area (Å²) < 4.78 is 17.6. The molecule has 0 unspecified atom stereocenters. The van der Waals surface area contributed by atoms with E-state index in [1.807, 2.05) is 27.7 Å². The van der Waals surface area contributed by atoms with E-state index >= 15 is 0 Å². The summed E-state index contributed by atoms with van der Waals surface area (Å²) in [7, 11) is 0. The average molecular weight is 382 g/mol. The van der Waals surface area contributed by atoms with Crippen molar-refractivity contribution in [1.29, 1.82) is 0 Å². The number of aliphatic hydroxyl groups is 2. The Labute approximate surface area is 161 Å². The molecule has 0 radical (unpaired) electrons. The van der Waals surface area contributed by atoms with Crippen LogP contribution in [0, 0.1) is 23.7 Å². The lowest BCUT2D eigenvalue weighted by atomic mass is 9.77. The number of ether oxygens (including phenoxy) is 3. The highest BCUT2D eigenvalue weighted by molar-refractivity contribution is 5.82. The molecule has 3 aliphatic heterocycles. The maximum absolute atomic E-state index is 11.5. The molecule has 0 amide bonds. The summed E-state index contributed by atoms with van der Waals surface area (Å²) in [5.74, 6) is -1.53. The molecule has 0 aromatic carbocycles. The molecule has 3 heterocycles. The SMILES string of the molecule is C[C@H]([C@@H](O)[C@@H](C)[C@@H]1O[C@]2(C)CC[C@H](O2)[C@@H]1C)[C@@H](O)[C@@H](C)[C@H]1CC=CC(=O)O1. The summed E-state index contributed by atoms with van der Waals surface area (Å²) in [6.07, 6.45) is 3.79. The summed E-state index contributed by atoms with van der Waals surface area (Å²) >= 11 is 0. The number of cyclic esters (lactones) is 1. The third-order valence-electron chi connectivity index (χ3n) is 6.92. The zero-order valence-corrected chi connectivity index (χ0v) is 17.0. The number of hydrogen-bond donors (Lipinski definition) is 2. The van der Waals surface area contributed by atoms with Gasteiger partial charge in [0.1, 0.15) is 6.10 Å². The molecule has 0 aromatic heterocycles. The fourth-order valence-electron chi connectivity index (χ4n) is 4.92. The lowest BCUT2D eigenvalue weighted by Crippen LogP contribution is -2.52. The number of hydrogen-bond acceptors (Lipinski definition) is 6. The van der Waals surface area contributed by atoms with E-state index in [4.69, 9.17) is 14.2 Å². The second-order valence-electron chi connectivity index (χ2n) is 8.94. The Kier molecular flexibility index (Phi) is 6.02. The van der Waals surface area contributed by atoms with E-state index in [-0.39, 0.29) is 48.0 Å². The van der Waals surface area contributed by atoms with Crippen LogP contribution in [-0.2, 0) is 19.0 Å². The first-order valence-corrected chi connectivity index (χ1v) is 10.2. The molecule has 0 spiro atoms. The molecule has 2 bridgehead atoms. The highest BCUT2D eigenvalue weighted by Gasteiger charge is 2.51. The highest BCUT2D eigenvalue weighted by atomic mass is 16.7. The number of carbonyl (C=O) groups excluding carboxylic acids is 1. The topological polar surface area (TPSA) is 85.2 Å². The Bertz CT molecular complexity index is 577. The zero-order valence-electron chi connectivity index (χ0n) is 17.0. The number of aliphatic hydroxyl groups excluding tert-OH is 2. The Morgan fingerprint density at radius 2 is 1.81 bits per heavy atom. The Hall–Kier alpha value is -0.950. The van der Waals surface area contributed by atoms with Crippen LogP contribution in [0.4, 0.5) is 0 Å². The van der Waals surface area contributed by atoms with E-state index < -0.39 is 18.0 Å². The molecule has 2 N–H and O–H groups in total. The molecule has 6 heteroatoms. The second-order valence-corrected chi connectivity index (χ2v) is 8.94. The quantitative estimate of drug-likeness (QED) is 0.686. The lowest BCUT2D eigenvalue weighted by Gasteiger charge is -2.45. The molecule has 2 fully saturated rings. The first-order chi connectivity index (χ1) is 12.6. The van der Waals surface area contributed by atoms with Crippen LogP contribution in [0.3, 0.4) is 0 Å². The van der Waals surface area contributed by atoms with Gasteiger partial charge in [0, 0.05) is 42.6 Å². The van der Waals surface area contributed by atoms with Gasteiger partial charge >= 0.3 is 5.97 Å². The Morgan fingerprint density at radius 1 is 1.15 bits per heavy atom. The van der Waals surface area contributed by atoms with Crippen molar-refractivity contribution in [3.05, 3.63) is 12.2 Å². The summed E-state index contributed by atoms with van der Waals surface area (Å²) in [5.41, 5.74) is 0. The van der Waals surface area contributed by atoms with E-state index in [1.165, 1.54) is 6.08 Å². The summed E-state index contributed by atoms with van der Waals surface area (Å²) in [4.78, 5) is 11.5. The van der Waals surface area contributed by atoms with Gasteiger partial charge in [-0.25, -0.2) is 4.79 Å². The third kappa shape index (κ3) is 4.09. The van der Waals surface area contributed by atoms with E-state index in [0.29, 0.717) is 6.42 Å². The Balaban J connectivity index is 1.64. The minimum absolute atomic E-state index is 0.119. The molecular formula is C21H34O6. The van der Waals surface area contributed by atoms with Gasteiger partial charge < -0.3 is 24.4 Å². The van der Waals surface area contributed by atoms with Gasteiger partial charge in [-0.05, 0) is 13.3 Å². The predicted octanol–water partition coefficient (Wildman–Crippen LogP) is 2.42. The van der Waals surface area contributed by atoms with Crippen LogP contribution < -0.4 is 0 Å². The van der Waals surface area contributed by atoms with Crippen molar-refractivity contribution in [2.24, 2.45) is 23.7 Å². The van der Waals surface area contributed by atoms with Gasteiger partial charge in [0.2, 0.25) is 0 Å². The average Bonchev–Trinajstić information content (AvgIpc) is 2.99. The first kappa shape index (κ1) is 20.8. The fraction of sp³-hybridized carbons (Fsp3) is 0.857. The summed E-state index contributed by atoms with van der Waals surface area (Å²) in [6.45, 7) is 9.78. The van der Waals surface area contributed by atoms with Crippen molar-refractivity contribution in [2.45, 2.75) is 90.2 Å². The van der Waals surface area contributed by atoms with Crippen molar-refractivity contribution < 1.29 is 29.2 Å². The van der Waals surface area contributed by atoms with Crippen LogP contribution in [-0.4, -0.2) is 52.5 Å². The maximum atomic E-state index is 11.5. The van der Waals surface area contributed by atoms with Crippen molar-refractivity contribution in [1.82, 2.24) is 0 Å². The van der Waals surface area contributed by atoms with E-state index in [9.17, 15) is 15.0 Å². The Morgan fingerprint density at radius 3 is 2.48 bits per heavy atom. The van der Waals surface area contributed by atoms with Crippen LogP contribution in [0.2, 0.25) is 0 Å². The number of carbonyl (C=O) groups is 1. The smallest absolute Gasteiger partial charge is 0.330 e. The van der Waals surface area contributed by atoms with Crippen LogP contribution in [0.15, 0.2) is 12.2 Å². The minimum atomic E-state index is -0.783. The summed E-state index contributed by atoms with van der Waals surface area (Å²) in [5, 5.41) is 21.8. The summed E-state index contributed by atoms with van der Waals surface area (Å²) in [6, 6.07) is 0. The number of rotatable bonds is 6. The van der Waals surface area contributed by atoms with Crippen LogP contribution in [0.5, 0.6) is 0 Å². The van der Waals surface area contributed by atoms with Gasteiger partial charge in [-0.3, -0.25) is 0 Å². The maximum Gasteiger partial charge on any atom is 0.330 e. The molecule has 2 saturated heterocycles. The molecule has 10 atom stereocenters. The van der Waals surface area contributed by atoms with Gasteiger partial charge in [0.15, 0.2) is 5.79 Å². The van der Waals surface area contributed by atoms with Crippen LogP contribution in [0.25, 0.3) is 0 Å². The third-order valence-corrected chi connectivity index (χ3v) is 6.92. The molecule has 3 aliphatic rings. The molecule has 0 aromatic rings. The van der Waals surface area contributed by atoms with Crippen molar-refractivity contribution in [3.8, 4) is 0 Å². The van der Waals surface area contributed by atoms with Gasteiger partial charge in [0.05, 0.1) is 24.4 Å². The van der Waals surface area contributed by atoms with Crippen LogP contribution in [0.1, 0.15) is 53.9 Å². The zero-order chi connectivity index (χ0) is 19.9.